The van der Waals surface area contributed by atoms with E-state index >= 15 is 0 Å². The van der Waals surface area contributed by atoms with Crippen molar-refractivity contribution in [1.29, 1.82) is 0 Å². The zero-order valence-electron chi connectivity index (χ0n) is 21.0. The van der Waals surface area contributed by atoms with E-state index in [9.17, 15) is 26.4 Å². The molecule has 1 aliphatic heterocycles. The minimum absolute atomic E-state index is 0.0438. The van der Waals surface area contributed by atoms with Crippen LogP contribution in [0.2, 0.25) is 0 Å². The van der Waals surface area contributed by atoms with Gasteiger partial charge in [0.15, 0.2) is 0 Å². The monoisotopic (exact) mass is 536 g/mol. The predicted molar refractivity (Wildman–Crippen MR) is 134 cm³/mol. The molecule has 1 aromatic heterocycles. The van der Waals surface area contributed by atoms with Crippen molar-refractivity contribution in [1.82, 2.24) is 19.4 Å². The first-order valence-electron chi connectivity index (χ1n) is 12.1. The Hall–Kier alpha value is -2.92. The van der Waals surface area contributed by atoms with E-state index in [1.54, 1.807) is 18.3 Å². The number of H-pyrrole nitrogens is 1. The van der Waals surface area contributed by atoms with Gasteiger partial charge in [0.2, 0.25) is 15.9 Å². The van der Waals surface area contributed by atoms with Crippen molar-refractivity contribution >= 4 is 26.8 Å². The standard InChI is InChI=1S/C26H31F3N4O3S/c1-25(2,3)17-32(16-19-6-4-5-7-22(19)26(27,28)29)24(34)18-10-12-33(13-11-18)37(35,36)21-8-9-23-20(14-21)15-30-31-23/h4-9,14-15,18H,10-13,16-17H2,1-3H3,(H,30,31). The molecule has 0 bridgehead atoms. The van der Waals surface area contributed by atoms with Crippen molar-refractivity contribution in [3.63, 3.8) is 0 Å². The van der Waals surface area contributed by atoms with Crippen LogP contribution in [0.3, 0.4) is 0 Å². The number of nitrogens with one attached hydrogen (secondary N) is 1. The Morgan fingerprint density at radius 3 is 2.43 bits per heavy atom. The molecular weight excluding hydrogens is 505 g/mol. The van der Waals surface area contributed by atoms with Crippen molar-refractivity contribution in [2.45, 2.75) is 51.2 Å². The van der Waals surface area contributed by atoms with Crippen LogP contribution in [0.5, 0.6) is 0 Å². The molecule has 2 aromatic carbocycles. The van der Waals surface area contributed by atoms with Gasteiger partial charge in [0, 0.05) is 37.5 Å². The Morgan fingerprint density at radius 1 is 1.11 bits per heavy atom. The second-order valence-corrected chi connectivity index (χ2v) is 12.6. The average molecular weight is 537 g/mol. The molecule has 1 saturated heterocycles. The number of carbonyl (C=O) groups excluding carboxylic acids is 1. The Morgan fingerprint density at radius 2 is 1.78 bits per heavy atom. The summed E-state index contributed by atoms with van der Waals surface area (Å²) in [6, 6.07) is 10.0. The van der Waals surface area contributed by atoms with E-state index in [1.165, 1.54) is 33.5 Å². The molecule has 7 nitrogen and oxygen atoms in total. The molecular formula is C26H31F3N4O3S. The second kappa shape index (κ2) is 10.1. The summed E-state index contributed by atoms with van der Waals surface area (Å²) in [6.07, 6.45) is -2.37. The Bertz CT molecular complexity index is 1370. The third-order valence-electron chi connectivity index (χ3n) is 6.51. The lowest BCUT2D eigenvalue weighted by atomic mass is 9.92. The van der Waals surface area contributed by atoms with Crippen LogP contribution in [0.1, 0.15) is 44.7 Å². The van der Waals surface area contributed by atoms with Crippen LogP contribution >= 0.6 is 0 Å². The van der Waals surface area contributed by atoms with Crippen molar-refractivity contribution in [3.05, 3.63) is 59.8 Å². The molecule has 2 heterocycles. The van der Waals surface area contributed by atoms with E-state index < -0.39 is 27.7 Å². The summed E-state index contributed by atoms with van der Waals surface area (Å²) >= 11 is 0. The van der Waals surface area contributed by atoms with Crippen LogP contribution in [-0.4, -0.2) is 53.4 Å². The number of piperidine rings is 1. The third-order valence-corrected chi connectivity index (χ3v) is 8.41. The quantitative estimate of drug-likeness (QED) is 0.477. The first-order valence-corrected chi connectivity index (χ1v) is 13.6. The SMILES string of the molecule is CC(C)(C)CN(Cc1ccccc1C(F)(F)F)C(=O)C1CCN(S(=O)(=O)c2ccc3[nH]ncc3c2)CC1. The van der Waals surface area contributed by atoms with Crippen LogP contribution < -0.4 is 0 Å². The smallest absolute Gasteiger partial charge is 0.338 e. The lowest BCUT2D eigenvalue weighted by Crippen LogP contribution is -2.46. The fourth-order valence-electron chi connectivity index (χ4n) is 4.76. The molecule has 0 aliphatic carbocycles. The Labute approximate surface area is 214 Å². The first-order chi connectivity index (χ1) is 17.3. The van der Waals surface area contributed by atoms with Crippen LogP contribution in [-0.2, 0) is 27.5 Å². The molecule has 0 radical (unpaired) electrons. The van der Waals surface area contributed by atoms with Gasteiger partial charge in [0.25, 0.3) is 0 Å². The first kappa shape index (κ1) is 27.1. The molecule has 0 atom stereocenters. The van der Waals surface area contributed by atoms with E-state index in [0.29, 0.717) is 18.2 Å². The number of amides is 1. The molecule has 0 saturated carbocycles. The van der Waals surface area contributed by atoms with Gasteiger partial charge in [-0.25, -0.2) is 8.42 Å². The number of benzene rings is 2. The number of hydrogen-bond acceptors (Lipinski definition) is 4. The van der Waals surface area contributed by atoms with E-state index in [0.717, 1.165) is 11.6 Å². The highest BCUT2D eigenvalue weighted by molar-refractivity contribution is 7.89. The van der Waals surface area contributed by atoms with Gasteiger partial charge in [0.05, 0.1) is 22.2 Å². The minimum atomic E-state index is -4.52. The summed E-state index contributed by atoms with van der Waals surface area (Å²) in [5.74, 6) is -0.716. The third kappa shape index (κ3) is 6.15. The number of aromatic amines is 1. The summed E-state index contributed by atoms with van der Waals surface area (Å²) in [5.41, 5.74) is -0.313. The second-order valence-electron chi connectivity index (χ2n) is 10.7. The lowest BCUT2D eigenvalue weighted by Gasteiger charge is -2.36. The fourth-order valence-corrected chi connectivity index (χ4v) is 6.26. The van der Waals surface area contributed by atoms with Gasteiger partial charge in [-0.1, -0.05) is 39.0 Å². The summed E-state index contributed by atoms with van der Waals surface area (Å²) in [4.78, 5) is 15.2. The highest BCUT2D eigenvalue weighted by Gasteiger charge is 2.37. The van der Waals surface area contributed by atoms with Crippen LogP contribution in [0, 0.1) is 11.3 Å². The van der Waals surface area contributed by atoms with Gasteiger partial charge in [-0.2, -0.15) is 22.6 Å². The lowest BCUT2D eigenvalue weighted by molar-refractivity contribution is -0.142. The van der Waals surface area contributed by atoms with Gasteiger partial charge < -0.3 is 4.90 Å². The number of carbonyl (C=O) groups is 1. The molecule has 3 aromatic rings. The number of alkyl halides is 3. The number of nitrogens with zero attached hydrogens (tertiary/aromatic N) is 3. The molecule has 1 N–H and O–H groups in total. The molecule has 200 valence electrons. The summed E-state index contributed by atoms with van der Waals surface area (Å²) in [6.45, 7) is 6.21. The van der Waals surface area contributed by atoms with Gasteiger partial charge >= 0.3 is 6.18 Å². The zero-order chi connectivity index (χ0) is 27.0. The average Bonchev–Trinajstić information content (AvgIpc) is 3.30. The van der Waals surface area contributed by atoms with Crippen LogP contribution in [0.15, 0.2) is 53.6 Å². The van der Waals surface area contributed by atoms with Gasteiger partial charge in [-0.05, 0) is 48.1 Å². The highest BCUT2D eigenvalue weighted by Crippen LogP contribution is 2.34. The topological polar surface area (TPSA) is 86.4 Å². The number of hydrogen-bond donors (Lipinski definition) is 1. The van der Waals surface area contributed by atoms with E-state index in [2.05, 4.69) is 10.2 Å². The number of rotatable bonds is 6. The summed E-state index contributed by atoms with van der Waals surface area (Å²) in [5, 5.41) is 7.39. The van der Waals surface area contributed by atoms with Crippen LogP contribution in [0.4, 0.5) is 13.2 Å². The molecule has 0 spiro atoms. The molecule has 4 rings (SSSR count). The van der Waals surface area contributed by atoms with E-state index in [1.807, 2.05) is 20.8 Å². The number of aromatic nitrogens is 2. The van der Waals surface area contributed by atoms with Crippen LogP contribution in [0.25, 0.3) is 10.9 Å². The fraction of sp³-hybridized carbons (Fsp3) is 0.462. The predicted octanol–water partition coefficient (Wildman–Crippen LogP) is 5.06. The molecule has 1 amide bonds. The molecule has 1 aliphatic rings. The summed E-state index contributed by atoms with van der Waals surface area (Å²) < 4.78 is 68.6. The van der Waals surface area contributed by atoms with Crippen molar-refractivity contribution in [2.24, 2.45) is 11.3 Å². The Kier molecular flexibility index (Phi) is 7.40. The van der Waals surface area contributed by atoms with E-state index in [4.69, 9.17) is 0 Å². The van der Waals surface area contributed by atoms with E-state index in [-0.39, 0.29) is 48.0 Å². The zero-order valence-corrected chi connectivity index (χ0v) is 21.9. The maximum atomic E-state index is 13.6. The molecule has 11 heteroatoms. The van der Waals surface area contributed by atoms with Gasteiger partial charge in [0.1, 0.15) is 0 Å². The Balaban J connectivity index is 1.49. The van der Waals surface area contributed by atoms with Gasteiger partial charge in [-0.15, -0.1) is 0 Å². The van der Waals surface area contributed by atoms with Crippen molar-refractivity contribution < 1.29 is 26.4 Å². The molecule has 37 heavy (non-hydrogen) atoms. The minimum Gasteiger partial charge on any atom is -0.338 e. The molecule has 1 fully saturated rings. The number of halogens is 3. The normalized spacial score (nSPS) is 16.3. The maximum absolute atomic E-state index is 13.6. The number of sulfonamides is 1. The molecule has 0 unspecified atom stereocenters. The van der Waals surface area contributed by atoms with Crippen molar-refractivity contribution in [3.8, 4) is 0 Å². The van der Waals surface area contributed by atoms with Crippen molar-refractivity contribution in [2.75, 3.05) is 19.6 Å². The number of fused-ring (bicyclic) bond motifs is 1. The largest absolute Gasteiger partial charge is 0.416 e. The summed E-state index contributed by atoms with van der Waals surface area (Å²) in [7, 11) is -3.76. The van der Waals surface area contributed by atoms with Gasteiger partial charge in [-0.3, -0.25) is 9.89 Å². The highest BCUT2D eigenvalue weighted by atomic mass is 32.2. The maximum Gasteiger partial charge on any atom is 0.416 e.